The Labute approximate surface area is 172 Å². The normalized spacial score (nSPS) is 18.9. The first-order valence-electron chi connectivity index (χ1n) is 10.3. The number of ether oxygens (including phenoxy) is 1. The largest absolute Gasteiger partial charge is 0.490 e. The zero-order valence-corrected chi connectivity index (χ0v) is 17.3. The molecule has 6 heteroatoms. The van der Waals surface area contributed by atoms with Gasteiger partial charge in [0.1, 0.15) is 5.75 Å². The SMILES string of the molecule is CCc1cc(O[C@H]2CC[C@H](NC(=O)c3ccc(C(C)C)nn3)CC2)ccc1C#N. The smallest absolute Gasteiger partial charge is 0.272 e. The fraction of sp³-hybridized carbons (Fsp3) is 0.478. The molecule has 2 aromatic rings. The van der Waals surface area contributed by atoms with Crippen molar-refractivity contribution in [2.24, 2.45) is 0 Å². The Morgan fingerprint density at radius 1 is 1.21 bits per heavy atom. The summed E-state index contributed by atoms with van der Waals surface area (Å²) in [6.45, 7) is 6.13. The number of rotatable bonds is 6. The highest BCUT2D eigenvalue weighted by atomic mass is 16.5. The molecule has 1 amide bonds. The van der Waals surface area contributed by atoms with Crippen LogP contribution < -0.4 is 10.1 Å². The maximum atomic E-state index is 12.4. The van der Waals surface area contributed by atoms with Gasteiger partial charge in [-0.2, -0.15) is 10.4 Å². The topological polar surface area (TPSA) is 87.9 Å². The molecule has 1 aromatic heterocycles. The molecule has 0 saturated heterocycles. The number of nitrogens with zero attached hydrogens (tertiary/aromatic N) is 3. The van der Waals surface area contributed by atoms with Crippen LogP contribution in [0.1, 0.15) is 79.7 Å². The van der Waals surface area contributed by atoms with Gasteiger partial charge in [0.15, 0.2) is 5.69 Å². The Morgan fingerprint density at radius 3 is 2.55 bits per heavy atom. The Kier molecular flexibility index (Phi) is 6.82. The maximum absolute atomic E-state index is 12.4. The van der Waals surface area contributed by atoms with E-state index >= 15 is 0 Å². The predicted octanol–water partition coefficient (Wildman–Crippen LogP) is 4.15. The molecule has 1 aliphatic carbocycles. The van der Waals surface area contributed by atoms with E-state index in [1.165, 1.54) is 0 Å². The first kappa shape index (κ1) is 20.8. The number of nitriles is 1. The average Bonchev–Trinajstić information content (AvgIpc) is 2.75. The quantitative estimate of drug-likeness (QED) is 0.798. The number of amides is 1. The first-order chi connectivity index (χ1) is 14.0. The van der Waals surface area contributed by atoms with Gasteiger partial charge in [0, 0.05) is 6.04 Å². The Morgan fingerprint density at radius 2 is 1.97 bits per heavy atom. The molecule has 1 aliphatic rings. The van der Waals surface area contributed by atoms with Crippen LogP contribution in [-0.2, 0) is 6.42 Å². The summed E-state index contributed by atoms with van der Waals surface area (Å²) < 4.78 is 6.13. The van der Waals surface area contributed by atoms with Crippen LogP contribution in [0, 0.1) is 11.3 Å². The van der Waals surface area contributed by atoms with Gasteiger partial charge in [0.05, 0.1) is 23.4 Å². The van der Waals surface area contributed by atoms with Gasteiger partial charge in [-0.1, -0.05) is 20.8 Å². The Bertz CT molecular complexity index is 879. The van der Waals surface area contributed by atoms with Crippen molar-refractivity contribution in [3.63, 3.8) is 0 Å². The molecule has 0 atom stereocenters. The second-order valence-corrected chi connectivity index (χ2v) is 7.85. The number of aryl methyl sites for hydroxylation is 1. The average molecular weight is 393 g/mol. The first-order valence-corrected chi connectivity index (χ1v) is 10.3. The van der Waals surface area contributed by atoms with Crippen molar-refractivity contribution >= 4 is 5.91 Å². The fourth-order valence-corrected chi connectivity index (χ4v) is 3.59. The summed E-state index contributed by atoms with van der Waals surface area (Å²) >= 11 is 0. The Balaban J connectivity index is 1.50. The molecule has 1 fully saturated rings. The van der Waals surface area contributed by atoms with Crippen LogP contribution in [-0.4, -0.2) is 28.3 Å². The van der Waals surface area contributed by atoms with E-state index in [2.05, 4.69) is 21.6 Å². The number of carbonyl (C=O) groups excluding carboxylic acids is 1. The summed E-state index contributed by atoms with van der Waals surface area (Å²) in [7, 11) is 0. The van der Waals surface area contributed by atoms with Crippen molar-refractivity contribution in [1.29, 1.82) is 5.26 Å². The molecular weight excluding hydrogens is 364 g/mol. The second-order valence-electron chi connectivity index (χ2n) is 7.85. The lowest BCUT2D eigenvalue weighted by Crippen LogP contribution is -2.40. The van der Waals surface area contributed by atoms with Gasteiger partial charge in [-0.05, 0) is 73.9 Å². The van der Waals surface area contributed by atoms with Crippen LogP contribution in [0.15, 0.2) is 30.3 Å². The number of aromatic nitrogens is 2. The summed E-state index contributed by atoms with van der Waals surface area (Å²) in [6.07, 6.45) is 4.43. The molecule has 0 aliphatic heterocycles. The van der Waals surface area contributed by atoms with Crippen molar-refractivity contribution in [2.75, 3.05) is 0 Å². The minimum Gasteiger partial charge on any atom is -0.490 e. The van der Waals surface area contributed by atoms with E-state index in [4.69, 9.17) is 10.00 Å². The van der Waals surface area contributed by atoms with Gasteiger partial charge in [-0.3, -0.25) is 4.79 Å². The molecule has 3 rings (SSSR count). The summed E-state index contributed by atoms with van der Waals surface area (Å²) in [5, 5.41) is 20.4. The summed E-state index contributed by atoms with van der Waals surface area (Å²) in [4.78, 5) is 12.4. The maximum Gasteiger partial charge on any atom is 0.272 e. The van der Waals surface area contributed by atoms with Crippen LogP contribution in [0.2, 0.25) is 0 Å². The van der Waals surface area contributed by atoms with Crippen LogP contribution >= 0.6 is 0 Å². The second kappa shape index (κ2) is 9.51. The highest BCUT2D eigenvalue weighted by Crippen LogP contribution is 2.26. The number of hydrogen-bond acceptors (Lipinski definition) is 5. The van der Waals surface area contributed by atoms with Gasteiger partial charge in [-0.15, -0.1) is 5.10 Å². The summed E-state index contributed by atoms with van der Waals surface area (Å²) in [6, 6.07) is 11.6. The zero-order chi connectivity index (χ0) is 20.8. The van der Waals surface area contributed by atoms with Crippen LogP contribution in [0.4, 0.5) is 0 Å². The monoisotopic (exact) mass is 392 g/mol. The van der Waals surface area contributed by atoms with E-state index in [0.29, 0.717) is 17.2 Å². The molecule has 1 N–H and O–H groups in total. The molecule has 152 valence electrons. The van der Waals surface area contributed by atoms with Gasteiger partial charge in [-0.25, -0.2) is 0 Å². The standard InChI is InChI=1S/C23H28N4O2/c1-4-16-13-20(8-5-17(16)14-24)29-19-9-6-18(7-10-19)25-23(28)22-12-11-21(15(2)3)26-27-22/h5,8,11-13,15,18-19H,4,6-7,9-10H2,1-3H3,(H,25,28)/t18-,19-. The third-order valence-corrected chi connectivity index (χ3v) is 5.40. The van der Waals surface area contributed by atoms with E-state index in [-0.39, 0.29) is 18.1 Å². The lowest BCUT2D eigenvalue weighted by atomic mass is 9.92. The highest BCUT2D eigenvalue weighted by Gasteiger charge is 2.24. The zero-order valence-electron chi connectivity index (χ0n) is 17.3. The summed E-state index contributed by atoms with van der Waals surface area (Å²) in [5.41, 5.74) is 2.96. The van der Waals surface area contributed by atoms with Gasteiger partial charge >= 0.3 is 0 Å². The fourth-order valence-electron chi connectivity index (χ4n) is 3.59. The molecule has 1 saturated carbocycles. The van der Waals surface area contributed by atoms with Crippen LogP contribution in [0.25, 0.3) is 0 Å². The van der Waals surface area contributed by atoms with Gasteiger partial charge < -0.3 is 10.1 Å². The third-order valence-electron chi connectivity index (χ3n) is 5.40. The number of benzene rings is 1. The summed E-state index contributed by atoms with van der Waals surface area (Å²) in [5.74, 6) is 0.935. The van der Waals surface area contributed by atoms with Crippen LogP contribution in [0.5, 0.6) is 5.75 Å². The van der Waals surface area contributed by atoms with Crippen molar-refractivity contribution in [2.45, 2.75) is 70.9 Å². The molecule has 1 heterocycles. The molecule has 1 aromatic carbocycles. The highest BCUT2D eigenvalue weighted by molar-refractivity contribution is 5.92. The molecule has 0 spiro atoms. The molecule has 0 unspecified atom stereocenters. The van der Waals surface area contributed by atoms with Gasteiger partial charge in [0.25, 0.3) is 5.91 Å². The molecule has 6 nitrogen and oxygen atoms in total. The molecule has 0 bridgehead atoms. The minimum absolute atomic E-state index is 0.126. The van der Waals surface area contributed by atoms with Crippen molar-refractivity contribution in [3.05, 3.63) is 52.8 Å². The van der Waals surface area contributed by atoms with Crippen LogP contribution in [0.3, 0.4) is 0 Å². The van der Waals surface area contributed by atoms with E-state index in [1.54, 1.807) is 6.07 Å². The number of hydrogen-bond donors (Lipinski definition) is 1. The number of carbonyl (C=O) groups is 1. The minimum atomic E-state index is -0.170. The number of nitrogens with one attached hydrogen (secondary N) is 1. The third kappa shape index (κ3) is 5.32. The van der Waals surface area contributed by atoms with Crippen molar-refractivity contribution < 1.29 is 9.53 Å². The van der Waals surface area contributed by atoms with E-state index < -0.39 is 0 Å². The predicted molar refractivity (Wildman–Crippen MR) is 111 cm³/mol. The van der Waals surface area contributed by atoms with Gasteiger partial charge in [0.2, 0.25) is 0 Å². The molecule has 29 heavy (non-hydrogen) atoms. The lowest BCUT2D eigenvalue weighted by molar-refractivity contribution is 0.0888. The van der Waals surface area contributed by atoms with E-state index in [0.717, 1.165) is 49.1 Å². The Hall–Kier alpha value is -2.94. The molecular formula is C23H28N4O2. The van der Waals surface area contributed by atoms with Crippen molar-refractivity contribution in [1.82, 2.24) is 15.5 Å². The molecule has 0 radical (unpaired) electrons. The lowest BCUT2D eigenvalue weighted by Gasteiger charge is -2.29. The van der Waals surface area contributed by atoms with E-state index in [1.807, 2.05) is 45.0 Å². The van der Waals surface area contributed by atoms with E-state index in [9.17, 15) is 4.79 Å². The van der Waals surface area contributed by atoms with Crippen molar-refractivity contribution in [3.8, 4) is 11.8 Å².